The fraction of sp³-hybridized carbons (Fsp3) is 0.286. The van der Waals surface area contributed by atoms with Crippen molar-refractivity contribution >= 4 is 44.3 Å². The summed E-state index contributed by atoms with van der Waals surface area (Å²) in [6.45, 7) is 0. The lowest BCUT2D eigenvalue weighted by atomic mass is 9.97. The van der Waals surface area contributed by atoms with Crippen LogP contribution >= 0.6 is 23.1 Å². The number of thiophene rings is 1. The highest BCUT2D eigenvalue weighted by atomic mass is 32.2. The molecule has 0 N–H and O–H groups in total. The van der Waals surface area contributed by atoms with Gasteiger partial charge in [0.25, 0.3) is 0 Å². The van der Waals surface area contributed by atoms with Gasteiger partial charge in [-0.05, 0) is 48.9 Å². The SMILES string of the molecule is COc1ccc2c(CSc3ncnc4sc5c(c34)CCCC5)cc(=O)oc2c1. The predicted octanol–water partition coefficient (Wildman–Crippen LogP) is 4.98. The van der Waals surface area contributed by atoms with E-state index in [-0.39, 0.29) is 5.63 Å². The number of thioether (sulfide) groups is 1. The third-order valence-corrected chi connectivity index (χ3v) is 7.36. The molecule has 5 nitrogen and oxygen atoms in total. The van der Waals surface area contributed by atoms with E-state index >= 15 is 0 Å². The minimum atomic E-state index is -0.350. The molecule has 0 amide bonds. The lowest BCUT2D eigenvalue weighted by molar-refractivity contribution is 0.414. The Hall–Kier alpha value is -2.38. The van der Waals surface area contributed by atoms with E-state index in [1.54, 1.807) is 48.7 Å². The molecule has 0 fully saturated rings. The van der Waals surface area contributed by atoms with Crippen LogP contribution in [0.1, 0.15) is 28.8 Å². The van der Waals surface area contributed by atoms with Crippen LogP contribution in [-0.4, -0.2) is 17.1 Å². The molecule has 0 radical (unpaired) electrons. The number of methoxy groups -OCH3 is 1. The zero-order chi connectivity index (χ0) is 19.1. The standard InChI is InChI=1S/C21H18N2O3S2/c1-25-13-6-7-14-12(8-18(24)26-16(14)9-13)10-27-20-19-15-4-2-3-5-17(15)28-21(19)23-11-22-20/h6-9,11H,2-5,10H2,1H3. The molecule has 1 aromatic carbocycles. The first-order chi connectivity index (χ1) is 13.7. The van der Waals surface area contributed by atoms with Gasteiger partial charge < -0.3 is 9.15 Å². The van der Waals surface area contributed by atoms with Crippen LogP contribution in [0.4, 0.5) is 0 Å². The maximum Gasteiger partial charge on any atom is 0.336 e. The van der Waals surface area contributed by atoms with Crippen molar-refractivity contribution in [3.8, 4) is 5.75 Å². The van der Waals surface area contributed by atoms with Crippen molar-refractivity contribution in [3.63, 3.8) is 0 Å². The van der Waals surface area contributed by atoms with Crippen LogP contribution in [0.25, 0.3) is 21.2 Å². The average molecular weight is 411 g/mol. The molecule has 7 heteroatoms. The van der Waals surface area contributed by atoms with Gasteiger partial charge in [-0.25, -0.2) is 14.8 Å². The highest BCUT2D eigenvalue weighted by Gasteiger charge is 2.20. The predicted molar refractivity (Wildman–Crippen MR) is 113 cm³/mol. The minimum absolute atomic E-state index is 0.350. The number of benzene rings is 1. The smallest absolute Gasteiger partial charge is 0.336 e. The summed E-state index contributed by atoms with van der Waals surface area (Å²) >= 11 is 3.46. The second kappa shape index (κ2) is 7.22. The summed E-state index contributed by atoms with van der Waals surface area (Å²) in [7, 11) is 1.60. The monoisotopic (exact) mass is 410 g/mol. The van der Waals surface area contributed by atoms with Crippen LogP contribution in [0, 0.1) is 0 Å². The van der Waals surface area contributed by atoms with Crippen molar-refractivity contribution in [1.29, 1.82) is 0 Å². The van der Waals surface area contributed by atoms with Crippen molar-refractivity contribution in [2.45, 2.75) is 36.5 Å². The number of aromatic nitrogens is 2. The van der Waals surface area contributed by atoms with E-state index in [9.17, 15) is 4.79 Å². The van der Waals surface area contributed by atoms with E-state index in [4.69, 9.17) is 9.15 Å². The molecule has 0 atom stereocenters. The van der Waals surface area contributed by atoms with Crippen molar-refractivity contribution in [3.05, 3.63) is 57.0 Å². The van der Waals surface area contributed by atoms with Gasteiger partial charge >= 0.3 is 5.63 Å². The summed E-state index contributed by atoms with van der Waals surface area (Å²) in [5, 5.41) is 3.13. The molecule has 1 aliphatic rings. The number of hydrogen-bond acceptors (Lipinski definition) is 7. The molecule has 0 aliphatic heterocycles. The first-order valence-corrected chi connectivity index (χ1v) is 11.0. The van der Waals surface area contributed by atoms with Crippen molar-refractivity contribution < 1.29 is 9.15 Å². The van der Waals surface area contributed by atoms with Crippen LogP contribution in [0.3, 0.4) is 0 Å². The number of hydrogen-bond donors (Lipinski definition) is 0. The molecule has 5 rings (SSSR count). The number of ether oxygens (including phenoxy) is 1. The number of rotatable bonds is 4. The second-order valence-electron chi connectivity index (χ2n) is 6.81. The highest BCUT2D eigenvalue weighted by molar-refractivity contribution is 7.98. The zero-order valence-corrected chi connectivity index (χ0v) is 17.0. The third-order valence-electron chi connectivity index (χ3n) is 5.12. The molecule has 3 heterocycles. The minimum Gasteiger partial charge on any atom is -0.497 e. The summed E-state index contributed by atoms with van der Waals surface area (Å²) in [5.41, 5.74) is 2.56. The molecule has 142 valence electrons. The Bertz CT molecular complexity index is 1250. The first kappa shape index (κ1) is 17.7. The first-order valence-electron chi connectivity index (χ1n) is 9.22. The van der Waals surface area contributed by atoms with E-state index in [1.165, 1.54) is 28.7 Å². The van der Waals surface area contributed by atoms with Crippen LogP contribution in [0.15, 0.2) is 44.8 Å². The van der Waals surface area contributed by atoms with Gasteiger partial charge in [0, 0.05) is 33.5 Å². The Morgan fingerprint density at radius 1 is 1.21 bits per heavy atom. The van der Waals surface area contributed by atoms with Gasteiger partial charge in [-0.2, -0.15) is 0 Å². The number of fused-ring (bicyclic) bond motifs is 4. The van der Waals surface area contributed by atoms with Crippen LogP contribution in [0.2, 0.25) is 0 Å². The molecule has 3 aromatic heterocycles. The van der Waals surface area contributed by atoms with E-state index in [2.05, 4.69) is 9.97 Å². The molecule has 0 saturated heterocycles. The van der Waals surface area contributed by atoms with Crippen LogP contribution in [0.5, 0.6) is 5.75 Å². The number of aryl methyl sites for hydroxylation is 2. The van der Waals surface area contributed by atoms with Gasteiger partial charge in [-0.1, -0.05) is 0 Å². The van der Waals surface area contributed by atoms with E-state index < -0.39 is 0 Å². The second-order valence-corrected chi connectivity index (χ2v) is 8.86. The number of nitrogens with zero attached hydrogens (tertiary/aromatic N) is 2. The summed E-state index contributed by atoms with van der Waals surface area (Å²) in [6, 6.07) is 7.15. The van der Waals surface area contributed by atoms with Crippen molar-refractivity contribution in [2.75, 3.05) is 7.11 Å². The maximum absolute atomic E-state index is 12.0. The van der Waals surface area contributed by atoms with Gasteiger partial charge in [0.1, 0.15) is 27.5 Å². The maximum atomic E-state index is 12.0. The molecule has 4 aromatic rings. The highest BCUT2D eigenvalue weighted by Crippen LogP contribution is 2.40. The van der Waals surface area contributed by atoms with Gasteiger partial charge in [0.2, 0.25) is 0 Å². The molecular formula is C21H18N2O3S2. The third kappa shape index (κ3) is 3.08. The Kier molecular flexibility index (Phi) is 4.56. The molecule has 0 bridgehead atoms. The average Bonchev–Trinajstić information content (AvgIpc) is 3.10. The van der Waals surface area contributed by atoms with E-state index in [0.29, 0.717) is 17.1 Å². The quantitative estimate of drug-likeness (QED) is 0.269. The Labute approximate surface area is 169 Å². The van der Waals surface area contributed by atoms with Gasteiger partial charge in [0.05, 0.1) is 7.11 Å². The molecule has 0 saturated carbocycles. The fourth-order valence-electron chi connectivity index (χ4n) is 3.77. The van der Waals surface area contributed by atoms with Crippen LogP contribution in [-0.2, 0) is 18.6 Å². The summed E-state index contributed by atoms with van der Waals surface area (Å²) < 4.78 is 10.6. The Morgan fingerprint density at radius 2 is 2.11 bits per heavy atom. The van der Waals surface area contributed by atoms with Crippen LogP contribution < -0.4 is 10.4 Å². The van der Waals surface area contributed by atoms with Crippen molar-refractivity contribution in [1.82, 2.24) is 9.97 Å². The molecule has 0 spiro atoms. The molecule has 1 aliphatic carbocycles. The van der Waals surface area contributed by atoms with Gasteiger partial charge in [-0.3, -0.25) is 0 Å². The molecule has 0 unspecified atom stereocenters. The van der Waals surface area contributed by atoms with Gasteiger partial charge in [-0.15, -0.1) is 23.1 Å². The summed E-state index contributed by atoms with van der Waals surface area (Å²) in [4.78, 5) is 23.6. The van der Waals surface area contributed by atoms with Gasteiger partial charge in [0.15, 0.2) is 0 Å². The largest absolute Gasteiger partial charge is 0.497 e. The summed E-state index contributed by atoms with van der Waals surface area (Å²) in [5.74, 6) is 1.31. The Balaban J connectivity index is 1.53. The Morgan fingerprint density at radius 3 is 3.00 bits per heavy atom. The van der Waals surface area contributed by atoms with Crippen molar-refractivity contribution in [2.24, 2.45) is 0 Å². The molecular weight excluding hydrogens is 392 g/mol. The normalized spacial score (nSPS) is 13.8. The fourth-order valence-corrected chi connectivity index (χ4v) is 6.08. The van der Waals surface area contributed by atoms with E-state index in [1.807, 2.05) is 12.1 Å². The topological polar surface area (TPSA) is 65.2 Å². The zero-order valence-electron chi connectivity index (χ0n) is 15.4. The lowest BCUT2D eigenvalue weighted by Gasteiger charge is -2.11. The molecule has 28 heavy (non-hydrogen) atoms. The van der Waals surface area contributed by atoms with E-state index in [0.717, 1.165) is 33.6 Å². The summed E-state index contributed by atoms with van der Waals surface area (Å²) in [6.07, 6.45) is 6.38. The lowest BCUT2D eigenvalue weighted by Crippen LogP contribution is -2.01.